The maximum absolute atomic E-state index is 3.84. The molecular weight excluding hydrogens is 259 g/mol. The fourth-order valence-corrected chi connectivity index (χ4v) is 5.55. The fourth-order valence-electron chi connectivity index (χ4n) is 3.59. The van der Waals surface area contributed by atoms with Crippen molar-refractivity contribution in [2.24, 2.45) is 17.8 Å². The molecule has 0 rings (SSSR count). The normalized spacial score (nSPS) is 16.4. The first kappa shape index (κ1) is 20.2. The van der Waals surface area contributed by atoms with Crippen molar-refractivity contribution in [2.75, 3.05) is 13.3 Å². The van der Waals surface area contributed by atoms with Crippen molar-refractivity contribution in [1.29, 1.82) is 0 Å². The molecule has 0 radical (unpaired) electrons. The van der Waals surface area contributed by atoms with Crippen molar-refractivity contribution in [3.8, 4) is 0 Å². The maximum Gasteiger partial charge on any atom is -0.0183 e. The minimum Gasteiger partial charge on any atom is -0.110 e. The number of rotatable bonds is 12. The lowest BCUT2D eigenvalue weighted by Crippen LogP contribution is -2.24. The molecule has 3 atom stereocenters. The predicted molar refractivity (Wildman–Crippen MR) is 98.2 cm³/mol. The molecule has 0 bridgehead atoms. The number of hydrogen-bond donors (Lipinski definition) is 0. The molecule has 0 nitrogen and oxygen atoms in total. The van der Waals surface area contributed by atoms with Crippen LogP contribution in [0.3, 0.4) is 0 Å². The number of allylic oxidation sites excluding steroid dienone is 1. The lowest BCUT2D eigenvalue weighted by Gasteiger charge is -2.34. The Hall–Kier alpha value is 0.170. The average molecular weight is 298 g/mol. The lowest BCUT2D eigenvalue weighted by atomic mass is 9.81. The van der Waals surface area contributed by atoms with E-state index in [2.05, 4.69) is 53.7 Å². The highest BCUT2D eigenvalue weighted by atomic mass is 31.1. The molecule has 0 amide bonds. The maximum atomic E-state index is 3.84. The summed E-state index contributed by atoms with van der Waals surface area (Å²) in [6, 6.07) is 0. The first-order valence-corrected chi connectivity index (χ1v) is 11.1. The van der Waals surface area contributed by atoms with Gasteiger partial charge in [0.1, 0.15) is 0 Å². The zero-order valence-electron chi connectivity index (χ0n) is 15.0. The van der Waals surface area contributed by atoms with Gasteiger partial charge in [0.05, 0.1) is 0 Å². The second-order valence-electron chi connectivity index (χ2n) is 6.71. The van der Waals surface area contributed by atoms with Crippen LogP contribution in [0.4, 0.5) is 0 Å². The molecule has 0 saturated carbocycles. The van der Waals surface area contributed by atoms with Crippen LogP contribution < -0.4 is 0 Å². The van der Waals surface area contributed by atoms with Gasteiger partial charge in [-0.25, -0.2) is 0 Å². The molecule has 0 N–H and O–H groups in total. The van der Waals surface area contributed by atoms with Crippen molar-refractivity contribution >= 4 is 7.92 Å². The van der Waals surface area contributed by atoms with Crippen molar-refractivity contribution < 1.29 is 0 Å². The van der Waals surface area contributed by atoms with Crippen molar-refractivity contribution in [3.63, 3.8) is 0 Å². The Morgan fingerprint density at radius 2 is 1.55 bits per heavy atom. The summed E-state index contributed by atoms with van der Waals surface area (Å²) in [4.78, 5) is 0. The highest BCUT2D eigenvalue weighted by Crippen LogP contribution is 2.45. The van der Waals surface area contributed by atoms with Crippen molar-refractivity contribution in [3.05, 3.63) is 12.7 Å². The van der Waals surface area contributed by atoms with E-state index in [1.54, 1.807) is 0 Å². The zero-order chi connectivity index (χ0) is 15.5. The summed E-state index contributed by atoms with van der Waals surface area (Å²) < 4.78 is 0. The molecule has 1 heteroatoms. The van der Waals surface area contributed by atoms with Gasteiger partial charge < -0.3 is 0 Å². The van der Waals surface area contributed by atoms with Crippen LogP contribution in [0.15, 0.2) is 12.7 Å². The Bertz CT molecular complexity index is 230. The van der Waals surface area contributed by atoms with Crippen LogP contribution in [-0.2, 0) is 0 Å². The second-order valence-corrected chi connectivity index (χ2v) is 9.30. The monoisotopic (exact) mass is 298 g/mol. The molecule has 0 aromatic rings. The van der Waals surface area contributed by atoms with Gasteiger partial charge in [0.15, 0.2) is 0 Å². The van der Waals surface area contributed by atoms with Gasteiger partial charge in [0, 0.05) is 0 Å². The van der Waals surface area contributed by atoms with Crippen molar-refractivity contribution in [2.45, 2.75) is 78.3 Å². The minimum absolute atomic E-state index is 0.190. The third kappa shape index (κ3) is 7.26. The summed E-state index contributed by atoms with van der Waals surface area (Å²) in [5.41, 5.74) is 0.979. The highest BCUT2D eigenvalue weighted by molar-refractivity contribution is 7.56. The quantitative estimate of drug-likeness (QED) is 0.208. The average Bonchev–Trinajstić information content (AvgIpc) is 2.43. The molecular formula is C19H39P. The third-order valence-corrected chi connectivity index (χ3v) is 7.16. The predicted octanol–water partition coefficient (Wildman–Crippen LogP) is 6.94. The first-order valence-electron chi connectivity index (χ1n) is 8.78. The van der Waals surface area contributed by atoms with Gasteiger partial charge in [-0.05, 0) is 56.0 Å². The standard InChI is InChI=1S/C19H39P/c1-8-12-13-14-16(5)18(11-4)15-19(20(6)7)17(9-2)10-3/h8,16-19H,1,9-15H2,2-7H3. The van der Waals surface area contributed by atoms with Crippen LogP contribution in [0.5, 0.6) is 0 Å². The van der Waals surface area contributed by atoms with E-state index in [0.717, 1.165) is 23.4 Å². The van der Waals surface area contributed by atoms with Crippen LogP contribution in [0.1, 0.15) is 72.6 Å². The van der Waals surface area contributed by atoms with Gasteiger partial charge in [0.25, 0.3) is 0 Å². The SMILES string of the molecule is C=CCCCC(C)C(CC)CC(C(CC)CC)P(C)C. The van der Waals surface area contributed by atoms with E-state index in [9.17, 15) is 0 Å². The number of unbranched alkanes of at least 4 members (excludes halogenated alkanes) is 1. The molecule has 0 aromatic heterocycles. The first-order chi connectivity index (χ1) is 9.51. The molecule has 0 spiro atoms. The molecule has 0 aliphatic carbocycles. The Morgan fingerprint density at radius 3 is 1.95 bits per heavy atom. The van der Waals surface area contributed by atoms with Crippen LogP contribution >= 0.6 is 7.92 Å². The smallest absolute Gasteiger partial charge is 0.0183 e. The van der Waals surface area contributed by atoms with E-state index in [1.807, 2.05) is 0 Å². The third-order valence-electron chi connectivity index (χ3n) is 5.20. The number of hydrogen-bond acceptors (Lipinski definition) is 0. The van der Waals surface area contributed by atoms with Crippen LogP contribution in [0.25, 0.3) is 0 Å². The van der Waals surface area contributed by atoms with Crippen LogP contribution in [0, 0.1) is 17.8 Å². The molecule has 20 heavy (non-hydrogen) atoms. The summed E-state index contributed by atoms with van der Waals surface area (Å²) in [5.74, 6) is 2.76. The van der Waals surface area contributed by atoms with Gasteiger partial charge in [0.2, 0.25) is 0 Å². The molecule has 3 unspecified atom stereocenters. The summed E-state index contributed by atoms with van der Waals surface area (Å²) in [7, 11) is 0.190. The molecule has 0 heterocycles. The second kappa shape index (κ2) is 11.8. The molecule has 0 saturated heterocycles. The van der Waals surface area contributed by atoms with E-state index in [4.69, 9.17) is 0 Å². The fraction of sp³-hybridized carbons (Fsp3) is 0.895. The van der Waals surface area contributed by atoms with Crippen LogP contribution in [-0.4, -0.2) is 19.0 Å². The topological polar surface area (TPSA) is 0 Å². The molecule has 0 aromatic carbocycles. The zero-order valence-corrected chi connectivity index (χ0v) is 15.9. The van der Waals surface area contributed by atoms with Gasteiger partial charge in [-0.2, -0.15) is 0 Å². The van der Waals surface area contributed by atoms with E-state index >= 15 is 0 Å². The Kier molecular flexibility index (Phi) is 11.9. The van der Waals surface area contributed by atoms with Gasteiger partial charge in [-0.1, -0.05) is 59.5 Å². The van der Waals surface area contributed by atoms with Gasteiger partial charge >= 0.3 is 0 Å². The Morgan fingerprint density at radius 1 is 1.00 bits per heavy atom. The van der Waals surface area contributed by atoms with Gasteiger partial charge in [-0.15, -0.1) is 14.5 Å². The van der Waals surface area contributed by atoms with E-state index in [0.29, 0.717) is 0 Å². The molecule has 120 valence electrons. The summed E-state index contributed by atoms with van der Waals surface area (Å²) >= 11 is 0. The minimum atomic E-state index is 0.190. The largest absolute Gasteiger partial charge is 0.110 e. The van der Waals surface area contributed by atoms with Crippen molar-refractivity contribution in [1.82, 2.24) is 0 Å². The summed E-state index contributed by atoms with van der Waals surface area (Å²) in [6.07, 6.45) is 11.5. The van der Waals surface area contributed by atoms with E-state index in [-0.39, 0.29) is 7.92 Å². The lowest BCUT2D eigenvalue weighted by molar-refractivity contribution is 0.278. The Labute approximate surface area is 130 Å². The van der Waals surface area contributed by atoms with Crippen LogP contribution in [0.2, 0.25) is 0 Å². The van der Waals surface area contributed by atoms with Gasteiger partial charge in [-0.3, -0.25) is 0 Å². The molecule has 0 aliphatic rings. The summed E-state index contributed by atoms with van der Waals surface area (Å²) in [6.45, 7) is 18.5. The summed E-state index contributed by atoms with van der Waals surface area (Å²) in [5, 5.41) is 0. The van der Waals surface area contributed by atoms with E-state index < -0.39 is 0 Å². The van der Waals surface area contributed by atoms with E-state index in [1.165, 1.54) is 44.9 Å². The molecule has 0 aliphatic heterocycles. The Balaban J connectivity index is 4.57. The molecule has 0 fully saturated rings. The highest BCUT2D eigenvalue weighted by Gasteiger charge is 2.26.